The van der Waals surface area contributed by atoms with Crippen molar-refractivity contribution in [2.45, 2.75) is 6.61 Å². The van der Waals surface area contributed by atoms with Crippen molar-refractivity contribution in [3.63, 3.8) is 0 Å². The molecule has 2 aromatic rings. The zero-order valence-electron chi connectivity index (χ0n) is 12.6. The van der Waals surface area contributed by atoms with E-state index in [0.717, 1.165) is 25.4 Å². The lowest BCUT2D eigenvalue weighted by Gasteiger charge is -2.08. The molecule has 0 aliphatic carbocycles. The van der Waals surface area contributed by atoms with E-state index in [1.54, 1.807) is 0 Å². The van der Waals surface area contributed by atoms with Crippen LogP contribution in [0.4, 0.5) is 0 Å². The Hall–Kier alpha value is -2.64. The van der Waals surface area contributed by atoms with Gasteiger partial charge in [-0.3, -0.25) is 14.9 Å². The summed E-state index contributed by atoms with van der Waals surface area (Å²) in [7, 11) is 0. The molecular formula is C16H19N3O4. The highest BCUT2D eigenvalue weighted by atomic mass is 16.5. The molecule has 1 aliphatic rings. The Morgan fingerprint density at radius 3 is 2.61 bits per heavy atom. The van der Waals surface area contributed by atoms with Gasteiger partial charge in [0, 0.05) is 18.8 Å². The molecule has 0 saturated carbocycles. The molecule has 1 fully saturated rings. The first kappa shape index (κ1) is 16.7. The normalized spacial score (nSPS) is 13.0. The second-order valence-corrected chi connectivity index (χ2v) is 4.74. The first-order valence-corrected chi connectivity index (χ1v) is 7.15. The number of pyridine rings is 1. The van der Waals surface area contributed by atoms with Crippen molar-refractivity contribution in [3.05, 3.63) is 64.1 Å². The molecule has 122 valence electrons. The number of aromatic amines is 1. The van der Waals surface area contributed by atoms with Gasteiger partial charge in [-0.05, 0) is 5.56 Å². The van der Waals surface area contributed by atoms with Gasteiger partial charge in [-0.15, -0.1) is 0 Å². The molecule has 1 aromatic carbocycles. The van der Waals surface area contributed by atoms with E-state index in [9.17, 15) is 9.59 Å². The van der Waals surface area contributed by atoms with Gasteiger partial charge in [0.05, 0.1) is 13.3 Å². The van der Waals surface area contributed by atoms with Crippen LogP contribution in [-0.2, 0) is 11.3 Å². The molecule has 1 aromatic heterocycles. The van der Waals surface area contributed by atoms with Crippen LogP contribution in [0.2, 0.25) is 0 Å². The zero-order chi connectivity index (χ0) is 16.5. The van der Waals surface area contributed by atoms with E-state index in [2.05, 4.69) is 10.3 Å². The molecular weight excluding hydrogens is 298 g/mol. The van der Waals surface area contributed by atoms with Crippen LogP contribution < -0.4 is 21.2 Å². The number of rotatable bonds is 4. The number of nitrogens with two attached hydrogens (primary N) is 1. The Kier molecular flexibility index (Phi) is 6.34. The molecule has 2 heterocycles. The molecule has 1 aliphatic heterocycles. The van der Waals surface area contributed by atoms with Crippen molar-refractivity contribution < 1.29 is 14.3 Å². The molecule has 3 rings (SSSR count). The maximum absolute atomic E-state index is 11.6. The van der Waals surface area contributed by atoms with Crippen LogP contribution in [-0.4, -0.2) is 30.8 Å². The predicted molar refractivity (Wildman–Crippen MR) is 85.2 cm³/mol. The fourth-order valence-electron chi connectivity index (χ4n) is 1.88. The van der Waals surface area contributed by atoms with Gasteiger partial charge in [-0.2, -0.15) is 0 Å². The van der Waals surface area contributed by atoms with Gasteiger partial charge in [0.1, 0.15) is 6.61 Å². The van der Waals surface area contributed by atoms with Crippen LogP contribution in [0.5, 0.6) is 5.75 Å². The summed E-state index contributed by atoms with van der Waals surface area (Å²) in [5, 5.41) is 3.00. The maximum Gasteiger partial charge on any atom is 0.269 e. The number of hydrogen-bond donors (Lipinski definition) is 3. The minimum atomic E-state index is -0.726. The molecule has 0 radical (unpaired) electrons. The quantitative estimate of drug-likeness (QED) is 0.766. The summed E-state index contributed by atoms with van der Waals surface area (Å²) in [5.41, 5.74) is 5.67. The number of carbonyl (C=O) groups excluding carboxylic acids is 1. The highest BCUT2D eigenvalue weighted by molar-refractivity contribution is 5.93. The van der Waals surface area contributed by atoms with Crippen molar-refractivity contribution in [2.75, 3.05) is 19.9 Å². The molecule has 23 heavy (non-hydrogen) atoms. The van der Waals surface area contributed by atoms with Crippen LogP contribution in [0.1, 0.15) is 16.1 Å². The number of primary amides is 1. The van der Waals surface area contributed by atoms with Crippen molar-refractivity contribution in [1.29, 1.82) is 0 Å². The van der Waals surface area contributed by atoms with Gasteiger partial charge in [-0.25, -0.2) is 0 Å². The Bertz CT molecular complexity index is 674. The number of nitrogens with one attached hydrogen (secondary N) is 2. The van der Waals surface area contributed by atoms with Gasteiger partial charge in [-0.1, -0.05) is 30.3 Å². The van der Waals surface area contributed by atoms with Crippen molar-refractivity contribution in [3.8, 4) is 5.75 Å². The van der Waals surface area contributed by atoms with Crippen LogP contribution in [0, 0.1) is 0 Å². The average Bonchev–Trinajstić information content (AvgIpc) is 3.14. The predicted octanol–water partition coefficient (Wildman–Crippen LogP) is 0.617. The summed E-state index contributed by atoms with van der Waals surface area (Å²) in [6.07, 6.45) is 1.36. The van der Waals surface area contributed by atoms with Gasteiger partial charge >= 0.3 is 0 Å². The molecule has 0 spiro atoms. The lowest BCUT2D eigenvalue weighted by molar-refractivity contribution is 0.0990. The highest BCUT2D eigenvalue weighted by Gasteiger charge is 2.13. The van der Waals surface area contributed by atoms with Crippen molar-refractivity contribution in [2.24, 2.45) is 5.73 Å². The monoisotopic (exact) mass is 317 g/mol. The highest BCUT2D eigenvalue weighted by Crippen LogP contribution is 2.11. The van der Waals surface area contributed by atoms with E-state index < -0.39 is 5.91 Å². The van der Waals surface area contributed by atoms with E-state index in [1.165, 1.54) is 12.3 Å². The topological polar surface area (TPSA) is 106 Å². The molecule has 0 unspecified atom stereocenters. The van der Waals surface area contributed by atoms with E-state index >= 15 is 0 Å². The largest absolute Gasteiger partial charge is 0.483 e. The molecule has 0 bridgehead atoms. The zero-order valence-corrected chi connectivity index (χ0v) is 12.6. The third-order valence-corrected chi connectivity index (χ3v) is 3.01. The third kappa shape index (κ3) is 5.24. The number of hydrogen-bond acceptors (Lipinski definition) is 5. The maximum atomic E-state index is 11.6. The fraction of sp³-hybridized carbons (Fsp3) is 0.250. The lowest BCUT2D eigenvalue weighted by Crippen LogP contribution is -2.19. The molecule has 1 amide bonds. The Morgan fingerprint density at radius 2 is 2.04 bits per heavy atom. The summed E-state index contributed by atoms with van der Waals surface area (Å²) in [6.45, 7) is 2.87. The number of carbonyl (C=O) groups is 1. The van der Waals surface area contributed by atoms with Crippen LogP contribution in [0.3, 0.4) is 0 Å². The van der Waals surface area contributed by atoms with Gasteiger partial charge in [0.25, 0.3) is 5.91 Å². The average molecular weight is 317 g/mol. The standard InChI is InChI=1S/C13H12N2O3.C3H7NO/c14-13(17)11-12(10(16)6-7-15-11)18-8-9-4-2-1-3-5-9;1-2-5-3-4-1/h1-7H,8H2,(H2,14,17)(H,15,16);4H,1-3H2. The second kappa shape index (κ2) is 8.72. The van der Waals surface area contributed by atoms with Crippen LogP contribution >= 0.6 is 0 Å². The summed E-state index contributed by atoms with van der Waals surface area (Å²) >= 11 is 0. The fourth-order valence-corrected chi connectivity index (χ4v) is 1.88. The summed E-state index contributed by atoms with van der Waals surface area (Å²) in [6, 6.07) is 10.6. The number of aromatic nitrogens is 1. The summed E-state index contributed by atoms with van der Waals surface area (Å²) in [5.74, 6) is -0.774. The van der Waals surface area contributed by atoms with Crippen molar-refractivity contribution in [1.82, 2.24) is 10.3 Å². The molecule has 4 N–H and O–H groups in total. The Labute approximate surface area is 133 Å². The van der Waals surface area contributed by atoms with Gasteiger partial charge in [0.2, 0.25) is 5.43 Å². The third-order valence-electron chi connectivity index (χ3n) is 3.01. The van der Waals surface area contributed by atoms with Crippen LogP contribution in [0.25, 0.3) is 0 Å². The number of benzene rings is 1. The Morgan fingerprint density at radius 1 is 1.26 bits per heavy atom. The van der Waals surface area contributed by atoms with Gasteiger partial charge < -0.3 is 20.2 Å². The van der Waals surface area contributed by atoms with E-state index in [-0.39, 0.29) is 23.5 Å². The first-order chi connectivity index (χ1) is 11.2. The lowest BCUT2D eigenvalue weighted by atomic mass is 10.2. The smallest absolute Gasteiger partial charge is 0.269 e. The van der Waals surface area contributed by atoms with Gasteiger partial charge in [0.15, 0.2) is 11.4 Å². The minimum Gasteiger partial charge on any atom is -0.483 e. The SMILES string of the molecule is C1COCN1.NC(=O)c1[nH]ccc(=O)c1OCc1ccccc1. The van der Waals surface area contributed by atoms with Crippen molar-refractivity contribution >= 4 is 5.91 Å². The first-order valence-electron chi connectivity index (χ1n) is 7.15. The molecule has 1 saturated heterocycles. The van der Waals surface area contributed by atoms with E-state index in [4.69, 9.17) is 15.2 Å². The second-order valence-electron chi connectivity index (χ2n) is 4.74. The molecule has 0 atom stereocenters. The molecule has 7 nitrogen and oxygen atoms in total. The van der Waals surface area contributed by atoms with E-state index in [0.29, 0.717) is 0 Å². The minimum absolute atomic E-state index is 0.0153. The summed E-state index contributed by atoms with van der Waals surface area (Å²) < 4.78 is 10.2. The molecule has 7 heteroatoms. The number of ether oxygens (including phenoxy) is 2. The number of amides is 1. The van der Waals surface area contributed by atoms with Crippen LogP contribution in [0.15, 0.2) is 47.4 Å². The summed E-state index contributed by atoms with van der Waals surface area (Å²) in [4.78, 5) is 25.4. The van der Waals surface area contributed by atoms with E-state index in [1.807, 2.05) is 30.3 Å². The Balaban J connectivity index is 0.000000326. The number of H-pyrrole nitrogens is 1.